The number of carbonyl (C=O) groups excluding carboxylic acids is 3. The average molecular weight is 328 g/mol. The molecule has 0 saturated carbocycles. The molecule has 7 heteroatoms. The Labute approximate surface area is 138 Å². The lowest BCUT2D eigenvalue weighted by Gasteiger charge is -2.09. The molecule has 3 N–H and O–H groups in total. The second-order valence-electron chi connectivity index (χ2n) is 4.82. The highest BCUT2D eigenvalue weighted by atomic mass is 16.5. The van der Waals surface area contributed by atoms with Gasteiger partial charge in [-0.05, 0) is 30.3 Å². The van der Waals surface area contributed by atoms with Gasteiger partial charge in [0.2, 0.25) is 5.91 Å². The first-order valence-corrected chi connectivity index (χ1v) is 7.05. The summed E-state index contributed by atoms with van der Waals surface area (Å²) in [6.45, 7) is -0.258. The summed E-state index contributed by atoms with van der Waals surface area (Å²) in [7, 11) is 1.23. The van der Waals surface area contributed by atoms with Crippen molar-refractivity contribution in [1.82, 2.24) is 5.32 Å². The van der Waals surface area contributed by atoms with E-state index < -0.39 is 11.9 Å². The molecule has 0 aromatic heterocycles. The maximum atomic E-state index is 11.8. The van der Waals surface area contributed by atoms with Crippen LogP contribution in [0.4, 0.5) is 5.69 Å². The highest BCUT2D eigenvalue weighted by Gasteiger charge is 2.12. The molecule has 0 heterocycles. The van der Waals surface area contributed by atoms with Crippen molar-refractivity contribution in [3.63, 3.8) is 0 Å². The van der Waals surface area contributed by atoms with Crippen LogP contribution in [0.2, 0.25) is 0 Å². The molecule has 24 heavy (non-hydrogen) atoms. The lowest BCUT2D eigenvalue weighted by Crippen LogP contribution is -2.32. The molecule has 2 aromatic rings. The monoisotopic (exact) mass is 328 g/mol. The average Bonchev–Trinajstić information content (AvgIpc) is 2.61. The van der Waals surface area contributed by atoms with Crippen LogP contribution in [0.5, 0.6) is 5.75 Å². The van der Waals surface area contributed by atoms with Crippen LogP contribution < -0.4 is 10.6 Å². The van der Waals surface area contributed by atoms with Crippen LogP contribution in [-0.2, 0) is 9.53 Å². The number of phenolic OH excluding ortho intramolecular Hbond substituents is 1. The number of aromatic hydroxyl groups is 1. The molecule has 2 amide bonds. The van der Waals surface area contributed by atoms with Crippen molar-refractivity contribution in [2.45, 2.75) is 0 Å². The zero-order valence-electron chi connectivity index (χ0n) is 12.9. The van der Waals surface area contributed by atoms with E-state index in [1.807, 2.05) is 0 Å². The summed E-state index contributed by atoms with van der Waals surface area (Å²) in [5.74, 6) is -1.77. The number of carbonyl (C=O) groups is 3. The summed E-state index contributed by atoms with van der Waals surface area (Å²) < 4.78 is 4.53. The van der Waals surface area contributed by atoms with Crippen molar-refractivity contribution in [2.75, 3.05) is 19.0 Å². The Morgan fingerprint density at radius 3 is 2.38 bits per heavy atom. The molecule has 0 aliphatic carbocycles. The lowest BCUT2D eigenvalue weighted by molar-refractivity contribution is -0.115. The number of benzene rings is 2. The van der Waals surface area contributed by atoms with E-state index in [-0.39, 0.29) is 29.5 Å². The third-order valence-corrected chi connectivity index (χ3v) is 3.14. The molecule has 2 rings (SSSR count). The number of esters is 1. The summed E-state index contributed by atoms with van der Waals surface area (Å²) >= 11 is 0. The van der Waals surface area contributed by atoms with Crippen LogP contribution in [0.1, 0.15) is 20.7 Å². The van der Waals surface area contributed by atoms with Gasteiger partial charge >= 0.3 is 5.97 Å². The van der Waals surface area contributed by atoms with Crippen molar-refractivity contribution in [3.8, 4) is 5.75 Å². The van der Waals surface area contributed by atoms with E-state index in [2.05, 4.69) is 15.4 Å². The molecule has 0 saturated heterocycles. The summed E-state index contributed by atoms with van der Waals surface area (Å²) in [6.07, 6.45) is 0. The smallest absolute Gasteiger partial charge is 0.337 e. The molecule has 0 spiro atoms. The number of anilines is 1. The number of hydrogen-bond acceptors (Lipinski definition) is 5. The molecule has 0 unspecified atom stereocenters. The first-order chi connectivity index (χ1) is 11.5. The molecule has 0 bridgehead atoms. The number of hydrogen-bond donors (Lipinski definition) is 3. The largest absolute Gasteiger partial charge is 0.506 e. The van der Waals surface area contributed by atoms with Crippen molar-refractivity contribution >= 4 is 23.5 Å². The van der Waals surface area contributed by atoms with Gasteiger partial charge in [-0.1, -0.05) is 18.2 Å². The van der Waals surface area contributed by atoms with Crippen LogP contribution in [0.25, 0.3) is 0 Å². The van der Waals surface area contributed by atoms with Gasteiger partial charge in [-0.15, -0.1) is 0 Å². The predicted molar refractivity (Wildman–Crippen MR) is 86.9 cm³/mol. The van der Waals surface area contributed by atoms with E-state index in [9.17, 15) is 19.5 Å². The fourth-order valence-corrected chi connectivity index (χ4v) is 1.93. The van der Waals surface area contributed by atoms with Gasteiger partial charge < -0.3 is 20.5 Å². The Hall–Kier alpha value is -3.35. The van der Waals surface area contributed by atoms with E-state index in [0.29, 0.717) is 5.56 Å². The number of ether oxygens (including phenoxy) is 1. The van der Waals surface area contributed by atoms with Gasteiger partial charge in [-0.3, -0.25) is 9.59 Å². The van der Waals surface area contributed by atoms with Crippen LogP contribution in [0.3, 0.4) is 0 Å². The maximum absolute atomic E-state index is 11.8. The minimum Gasteiger partial charge on any atom is -0.506 e. The molecule has 0 radical (unpaired) electrons. The topological polar surface area (TPSA) is 105 Å². The van der Waals surface area contributed by atoms with Crippen molar-refractivity contribution in [3.05, 3.63) is 59.7 Å². The summed E-state index contributed by atoms with van der Waals surface area (Å²) in [4.78, 5) is 35.0. The number of phenols is 1. The Balaban J connectivity index is 1.93. The zero-order valence-corrected chi connectivity index (χ0v) is 12.9. The quantitative estimate of drug-likeness (QED) is 0.570. The van der Waals surface area contributed by atoms with Gasteiger partial charge in [0.15, 0.2) is 0 Å². The second kappa shape index (κ2) is 7.77. The minimum absolute atomic E-state index is 0.126. The van der Waals surface area contributed by atoms with E-state index in [1.165, 1.54) is 25.3 Å². The molecule has 0 fully saturated rings. The normalized spacial score (nSPS) is 9.88. The molecule has 0 atom stereocenters. The Bertz CT molecular complexity index is 759. The van der Waals surface area contributed by atoms with E-state index in [0.717, 1.165) is 0 Å². The molecule has 7 nitrogen and oxygen atoms in total. The maximum Gasteiger partial charge on any atom is 0.337 e. The predicted octanol–water partition coefficient (Wildman–Crippen LogP) is 1.55. The van der Waals surface area contributed by atoms with Crippen LogP contribution >= 0.6 is 0 Å². The third-order valence-electron chi connectivity index (χ3n) is 3.14. The number of amides is 2. The van der Waals surface area contributed by atoms with Gasteiger partial charge in [0.25, 0.3) is 5.91 Å². The Morgan fingerprint density at radius 1 is 1.04 bits per heavy atom. The molecule has 0 aliphatic rings. The number of rotatable bonds is 5. The van der Waals surface area contributed by atoms with Gasteiger partial charge in [0.05, 0.1) is 24.9 Å². The van der Waals surface area contributed by atoms with Crippen molar-refractivity contribution < 1.29 is 24.2 Å². The fraction of sp³-hybridized carbons (Fsp3) is 0.118. The van der Waals surface area contributed by atoms with E-state index >= 15 is 0 Å². The van der Waals surface area contributed by atoms with Gasteiger partial charge in [0, 0.05) is 5.56 Å². The summed E-state index contributed by atoms with van der Waals surface area (Å²) in [5.41, 5.74) is 0.725. The molecule has 0 aliphatic heterocycles. The Kier molecular flexibility index (Phi) is 5.51. The molecular formula is C17H16N2O5. The van der Waals surface area contributed by atoms with Crippen molar-refractivity contribution in [2.24, 2.45) is 0 Å². The molecule has 2 aromatic carbocycles. The second-order valence-corrected chi connectivity index (χ2v) is 4.82. The highest BCUT2D eigenvalue weighted by Crippen LogP contribution is 2.24. The van der Waals surface area contributed by atoms with E-state index in [1.54, 1.807) is 30.3 Å². The third kappa shape index (κ3) is 4.33. The summed E-state index contributed by atoms with van der Waals surface area (Å²) in [5, 5.41) is 14.7. The standard InChI is InChI=1S/C17H16N2O5/c1-24-17(23)12-7-8-13(14(20)9-12)19-15(21)10-18-16(22)11-5-3-2-4-6-11/h2-9,20H,10H2,1H3,(H,18,22)(H,19,21). The first kappa shape index (κ1) is 17.0. The molecule has 124 valence electrons. The van der Waals surface area contributed by atoms with Crippen LogP contribution in [-0.4, -0.2) is 36.5 Å². The lowest BCUT2D eigenvalue weighted by atomic mass is 10.2. The zero-order chi connectivity index (χ0) is 17.5. The number of methoxy groups -OCH3 is 1. The molecular weight excluding hydrogens is 312 g/mol. The van der Waals surface area contributed by atoms with Gasteiger partial charge in [-0.25, -0.2) is 4.79 Å². The van der Waals surface area contributed by atoms with Gasteiger partial charge in [0.1, 0.15) is 5.75 Å². The number of nitrogens with one attached hydrogen (secondary N) is 2. The first-order valence-electron chi connectivity index (χ1n) is 7.05. The van der Waals surface area contributed by atoms with E-state index in [4.69, 9.17) is 0 Å². The van der Waals surface area contributed by atoms with Gasteiger partial charge in [-0.2, -0.15) is 0 Å². The Morgan fingerprint density at radius 2 is 1.75 bits per heavy atom. The highest BCUT2D eigenvalue weighted by molar-refractivity contribution is 6.00. The van der Waals surface area contributed by atoms with Crippen molar-refractivity contribution in [1.29, 1.82) is 0 Å². The summed E-state index contributed by atoms with van der Waals surface area (Å²) in [6, 6.07) is 12.4. The SMILES string of the molecule is COC(=O)c1ccc(NC(=O)CNC(=O)c2ccccc2)c(O)c1. The minimum atomic E-state index is -0.599. The van der Waals surface area contributed by atoms with Crippen LogP contribution in [0.15, 0.2) is 48.5 Å². The van der Waals surface area contributed by atoms with Crippen LogP contribution in [0, 0.1) is 0 Å². The fourth-order valence-electron chi connectivity index (χ4n) is 1.93.